The normalized spacial score (nSPS) is 41.2. The second-order valence-corrected chi connectivity index (χ2v) is 6.38. The van der Waals surface area contributed by atoms with Crippen LogP contribution in [0.1, 0.15) is 40.5 Å². The summed E-state index contributed by atoms with van der Waals surface area (Å²) in [7, 11) is 0. The quantitative estimate of drug-likeness (QED) is 0.765. The van der Waals surface area contributed by atoms with E-state index in [2.05, 4.69) is 27.7 Å². The summed E-state index contributed by atoms with van der Waals surface area (Å²) in [4.78, 5) is 11.4. The predicted molar refractivity (Wildman–Crippen MR) is 68.5 cm³/mol. The number of hydrogen-bond acceptors (Lipinski definition) is 2. The lowest BCUT2D eigenvalue weighted by Gasteiger charge is -2.45. The van der Waals surface area contributed by atoms with Crippen molar-refractivity contribution in [2.24, 2.45) is 29.1 Å². The Morgan fingerprint density at radius 1 is 1.53 bits per heavy atom. The number of fused-ring (bicyclic) bond motifs is 2. The van der Waals surface area contributed by atoms with Crippen LogP contribution in [0.4, 0.5) is 0 Å². The number of carbonyl (C=O) groups excluding carboxylic acids is 1. The van der Waals surface area contributed by atoms with Crippen molar-refractivity contribution in [1.82, 2.24) is 0 Å². The maximum Gasteiger partial charge on any atom is 0.146 e. The molecule has 1 unspecified atom stereocenters. The molecule has 0 heterocycles. The summed E-state index contributed by atoms with van der Waals surface area (Å²) in [5, 5.41) is 9.73. The fraction of sp³-hybridized carbons (Fsp3) is 0.800. The van der Waals surface area contributed by atoms with Crippen LogP contribution in [-0.4, -0.2) is 18.0 Å². The van der Waals surface area contributed by atoms with Crippen molar-refractivity contribution in [3.8, 4) is 0 Å². The Labute approximate surface area is 104 Å². The van der Waals surface area contributed by atoms with Crippen molar-refractivity contribution in [3.63, 3.8) is 0 Å². The smallest absolute Gasteiger partial charge is 0.146 e. The molecule has 0 radical (unpaired) electrons. The van der Waals surface area contributed by atoms with Crippen molar-refractivity contribution in [3.05, 3.63) is 11.1 Å². The van der Waals surface area contributed by atoms with Gasteiger partial charge in [-0.1, -0.05) is 26.3 Å². The SMILES string of the molecule is CC1=C(C=O)[C@H]2C(CO)[C@@]1(C)CC[C@@H]2C(C)C. The Bertz CT molecular complexity index is 356. The number of aliphatic hydroxyl groups is 1. The third-order valence-corrected chi connectivity index (χ3v) is 5.54. The van der Waals surface area contributed by atoms with Gasteiger partial charge in [0.15, 0.2) is 0 Å². The fourth-order valence-electron chi connectivity index (χ4n) is 4.25. The number of carbonyl (C=O) groups is 1. The Kier molecular flexibility index (Phi) is 3.19. The van der Waals surface area contributed by atoms with Crippen LogP contribution in [0.15, 0.2) is 11.1 Å². The Morgan fingerprint density at radius 2 is 2.18 bits per heavy atom. The number of allylic oxidation sites excluding steroid dienone is 2. The maximum absolute atomic E-state index is 11.4. The van der Waals surface area contributed by atoms with Crippen LogP contribution >= 0.6 is 0 Å². The average Bonchev–Trinajstić information content (AvgIpc) is 2.41. The van der Waals surface area contributed by atoms with Gasteiger partial charge in [0.05, 0.1) is 0 Å². The van der Waals surface area contributed by atoms with Crippen molar-refractivity contribution >= 4 is 6.29 Å². The lowest BCUT2D eigenvalue weighted by atomic mass is 9.60. The molecule has 0 spiro atoms. The maximum atomic E-state index is 11.4. The molecule has 0 saturated heterocycles. The molecular weight excluding hydrogens is 212 g/mol. The summed E-state index contributed by atoms with van der Waals surface area (Å²) in [6.45, 7) is 8.99. The monoisotopic (exact) mass is 236 g/mol. The van der Waals surface area contributed by atoms with Crippen LogP contribution in [0.2, 0.25) is 0 Å². The van der Waals surface area contributed by atoms with Crippen LogP contribution < -0.4 is 0 Å². The van der Waals surface area contributed by atoms with E-state index in [4.69, 9.17) is 0 Å². The lowest BCUT2D eigenvalue weighted by Crippen LogP contribution is -2.40. The highest BCUT2D eigenvalue weighted by Gasteiger charge is 2.54. The summed E-state index contributed by atoms with van der Waals surface area (Å²) < 4.78 is 0. The van der Waals surface area contributed by atoms with Crippen molar-refractivity contribution in [1.29, 1.82) is 0 Å². The number of hydrogen-bond donors (Lipinski definition) is 1. The topological polar surface area (TPSA) is 37.3 Å². The number of aliphatic hydroxyl groups excluding tert-OH is 1. The first-order valence-corrected chi connectivity index (χ1v) is 6.74. The second kappa shape index (κ2) is 4.24. The highest BCUT2D eigenvalue weighted by atomic mass is 16.3. The van der Waals surface area contributed by atoms with Gasteiger partial charge in [-0.05, 0) is 54.4 Å². The van der Waals surface area contributed by atoms with E-state index < -0.39 is 0 Å². The molecule has 1 saturated carbocycles. The average molecular weight is 236 g/mol. The minimum absolute atomic E-state index is 0.0566. The summed E-state index contributed by atoms with van der Waals surface area (Å²) in [5.74, 6) is 1.68. The molecule has 17 heavy (non-hydrogen) atoms. The highest BCUT2D eigenvalue weighted by Crippen LogP contribution is 2.60. The van der Waals surface area contributed by atoms with Crippen LogP contribution in [0.25, 0.3) is 0 Å². The standard InChI is InChI=1S/C15H24O2/c1-9(2)11-5-6-15(4)10(3)12(7-16)14(11)13(15)8-17/h7,9,11,13-14,17H,5-6,8H2,1-4H3/t11-,13?,14+,15+/m1/s1. The predicted octanol–water partition coefficient (Wildman–Crippen LogP) is 2.81. The third kappa shape index (κ3) is 1.61. The van der Waals surface area contributed by atoms with Gasteiger partial charge < -0.3 is 5.11 Å². The van der Waals surface area contributed by atoms with E-state index >= 15 is 0 Å². The molecule has 0 aromatic heterocycles. The summed E-state index contributed by atoms with van der Waals surface area (Å²) in [6.07, 6.45) is 3.35. The van der Waals surface area contributed by atoms with E-state index in [9.17, 15) is 9.90 Å². The summed E-state index contributed by atoms with van der Waals surface area (Å²) in [5.41, 5.74) is 2.28. The second-order valence-electron chi connectivity index (χ2n) is 6.38. The minimum atomic E-state index is 0.0566. The van der Waals surface area contributed by atoms with Gasteiger partial charge in [-0.3, -0.25) is 4.79 Å². The molecule has 2 rings (SSSR count). The van der Waals surface area contributed by atoms with Gasteiger partial charge in [0.2, 0.25) is 0 Å². The lowest BCUT2D eigenvalue weighted by molar-refractivity contribution is -0.105. The van der Waals surface area contributed by atoms with E-state index in [1.807, 2.05) is 0 Å². The van der Waals surface area contributed by atoms with Crippen LogP contribution in [0.5, 0.6) is 0 Å². The van der Waals surface area contributed by atoms with E-state index in [1.165, 1.54) is 12.0 Å². The van der Waals surface area contributed by atoms with Crippen LogP contribution in [-0.2, 0) is 4.79 Å². The van der Waals surface area contributed by atoms with Crippen molar-refractivity contribution < 1.29 is 9.90 Å². The van der Waals surface area contributed by atoms with E-state index in [0.29, 0.717) is 11.8 Å². The van der Waals surface area contributed by atoms with Crippen molar-refractivity contribution in [2.75, 3.05) is 6.61 Å². The molecular formula is C15H24O2. The minimum Gasteiger partial charge on any atom is -0.396 e. The molecule has 2 nitrogen and oxygen atoms in total. The number of aldehydes is 1. The van der Waals surface area contributed by atoms with Gasteiger partial charge in [-0.25, -0.2) is 0 Å². The molecule has 2 heteroatoms. The van der Waals surface area contributed by atoms with E-state index in [1.54, 1.807) is 0 Å². The molecule has 0 aromatic carbocycles. The molecule has 0 aliphatic heterocycles. The first-order chi connectivity index (χ1) is 7.97. The fourth-order valence-corrected chi connectivity index (χ4v) is 4.25. The van der Waals surface area contributed by atoms with E-state index in [0.717, 1.165) is 18.3 Å². The molecule has 0 aromatic rings. The zero-order valence-electron chi connectivity index (χ0n) is 11.4. The van der Waals surface area contributed by atoms with Crippen LogP contribution in [0, 0.1) is 29.1 Å². The molecule has 1 N–H and O–H groups in total. The van der Waals surface area contributed by atoms with E-state index in [-0.39, 0.29) is 23.9 Å². The van der Waals surface area contributed by atoms with Gasteiger partial charge in [0, 0.05) is 6.61 Å². The molecule has 96 valence electrons. The zero-order valence-corrected chi connectivity index (χ0v) is 11.4. The largest absolute Gasteiger partial charge is 0.396 e. The molecule has 2 bridgehead atoms. The highest BCUT2D eigenvalue weighted by molar-refractivity contribution is 5.77. The molecule has 2 aliphatic carbocycles. The Morgan fingerprint density at radius 3 is 2.65 bits per heavy atom. The van der Waals surface area contributed by atoms with Gasteiger partial charge in [-0.2, -0.15) is 0 Å². The molecule has 4 atom stereocenters. The number of rotatable bonds is 3. The Balaban J connectivity index is 2.47. The first kappa shape index (κ1) is 12.8. The third-order valence-electron chi connectivity index (χ3n) is 5.54. The van der Waals surface area contributed by atoms with Gasteiger partial charge in [-0.15, -0.1) is 0 Å². The molecule has 0 amide bonds. The van der Waals surface area contributed by atoms with Crippen LogP contribution in [0.3, 0.4) is 0 Å². The van der Waals surface area contributed by atoms with Gasteiger partial charge in [0.25, 0.3) is 0 Å². The van der Waals surface area contributed by atoms with Crippen molar-refractivity contribution in [2.45, 2.75) is 40.5 Å². The zero-order chi connectivity index (χ0) is 12.8. The molecule has 1 fully saturated rings. The summed E-state index contributed by atoms with van der Waals surface area (Å²) in [6, 6.07) is 0. The van der Waals surface area contributed by atoms with Gasteiger partial charge in [0.1, 0.15) is 6.29 Å². The summed E-state index contributed by atoms with van der Waals surface area (Å²) >= 11 is 0. The van der Waals surface area contributed by atoms with Gasteiger partial charge >= 0.3 is 0 Å². The Hall–Kier alpha value is -0.630. The molecule has 2 aliphatic rings. The first-order valence-electron chi connectivity index (χ1n) is 6.74.